The fourth-order valence-corrected chi connectivity index (χ4v) is 3.39. The molecule has 1 aliphatic rings. The van der Waals surface area contributed by atoms with Crippen LogP contribution in [0.2, 0.25) is 10.0 Å². The van der Waals surface area contributed by atoms with Gasteiger partial charge in [0, 0.05) is 16.5 Å². The van der Waals surface area contributed by atoms with E-state index in [1.54, 1.807) is 16.8 Å². The number of nitrogens with zero attached hydrogens (tertiary/aromatic N) is 3. The van der Waals surface area contributed by atoms with Gasteiger partial charge < -0.3 is 9.47 Å². The maximum absolute atomic E-state index is 13.3. The normalized spacial score (nSPS) is 17.0. The highest BCUT2D eigenvalue weighted by Gasteiger charge is 2.44. The van der Waals surface area contributed by atoms with Gasteiger partial charge >= 0.3 is 0 Å². The van der Waals surface area contributed by atoms with Gasteiger partial charge in [0.05, 0.1) is 18.6 Å². The summed E-state index contributed by atoms with van der Waals surface area (Å²) in [6, 6.07) is 4.65. The summed E-state index contributed by atoms with van der Waals surface area (Å²) < 4.78 is 12.7. The number of aromatic nitrogens is 3. The first-order valence-electron chi connectivity index (χ1n) is 7.95. The average molecular weight is 384 g/mol. The third kappa shape index (κ3) is 3.87. The molecule has 1 aliphatic heterocycles. The van der Waals surface area contributed by atoms with Gasteiger partial charge in [-0.05, 0) is 31.5 Å². The van der Waals surface area contributed by atoms with Crippen LogP contribution in [0.4, 0.5) is 0 Å². The second kappa shape index (κ2) is 7.41. The van der Waals surface area contributed by atoms with Crippen LogP contribution in [0.5, 0.6) is 0 Å². The first kappa shape index (κ1) is 18.3. The van der Waals surface area contributed by atoms with E-state index in [9.17, 15) is 4.79 Å². The predicted octanol–water partition coefficient (Wildman–Crippen LogP) is 3.34. The zero-order chi connectivity index (χ0) is 18.0. The van der Waals surface area contributed by atoms with Crippen LogP contribution in [0.3, 0.4) is 0 Å². The van der Waals surface area contributed by atoms with Gasteiger partial charge in [0.15, 0.2) is 12.1 Å². The second-order valence-electron chi connectivity index (χ2n) is 6.49. The SMILES string of the molecule is CC(C)(C(=O)C(Cc1ccc(Cl)cc1Cl)n1cncn1)C1OCCO1. The number of ether oxygens (including phenoxy) is 2. The highest BCUT2D eigenvalue weighted by Crippen LogP contribution is 2.35. The molecular weight excluding hydrogens is 365 g/mol. The number of hydrogen-bond acceptors (Lipinski definition) is 5. The van der Waals surface area contributed by atoms with E-state index >= 15 is 0 Å². The zero-order valence-electron chi connectivity index (χ0n) is 14.0. The summed E-state index contributed by atoms with van der Waals surface area (Å²) in [7, 11) is 0. The van der Waals surface area contributed by atoms with E-state index in [0.717, 1.165) is 5.56 Å². The van der Waals surface area contributed by atoms with E-state index in [0.29, 0.717) is 29.7 Å². The largest absolute Gasteiger partial charge is 0.349 e. The van der Waals surface area contributed by atoms with Crippen LogP contribution in [0.25, 0.3) is 0 Å². The molecule has 2 aromatic rings. The number of hydrogen-bond donors (Lipinski definition) is 0. The fourth-order valence-electron chi connectivity index (χ4n) is 2.90. The number of halogens is 2. The minimum Gasteiger partial charge on any atom is -0.349 e. The number of carbonyl (C=O) groups excluding carboxylic acids is 1. The van der Waals surface area contributed by atoms with E-state index in [1.807, 2.05) is 19.9 Å². The van der Waals surface area contributed by atoms with Gasteiger partial charge in [-0.2, -0.15) is 5.10 Å². The Morgan fingerprint density at radius 3 is 2.68 bits per heavy atom. The Labute approximate surface area is 156 Å². The molecule has 25 heavy (non-hydrogen) atoms. The molecule has 0 spiro atoms. The highest BCUT2D eigenvalue weighted by atomic mass is 35.5. The van der Waals surface area contributed by atoms with Gasteiger partial charge in [0.2, 0.25) is 0 Å². The molecule has 0 N–H and O–H groups in total. The lowest BCUT2D eigenvalue weighted by atomic mass is 9.81. The topological polar surface area (TPSA) is 66.2 Å². The molecule has 1 aromatic carbocycles. The van der Waals surface area contributed by atoms with Crippen molar-refractivity contribution in [1.29, 1.82) is 0 Å². The number of carbonyl (C=O) groups is 1. The molecule has 1 atom stereocenters. The monoisotopic (exact) mass is 383 g/mol. The van der Waals surface area contributed by atoms with Crippen LogP contribution in [0.15, 0.2) is 30.9 Å². The van der Waals surface area contributed by atoms with Crippen molar-refractivity contribution < 1.29 is 14.3 Å². The van der Waals surface area contributed by atoms with Crippen molar-refractivity contribution in [3.05, 3.63) is 46.5 Å². The van der Waals surface area contributed by atoms with Crippen LogP contribution in [-0.2, 0) is 20.7 Å². The molecule has 2 heterocycles. The molecule has 0 aliphatic carbocycles. The Bertz CT molecular complexity index is 744. The number of benzene rings is 1. The van der Waals surface area contributed by atoms with Crippen molar-refractivity contribution in [3.8, 4) is 0 Å². The minimum absolute atomic E-state index is 0.0593. The van der Waals surface area contributed by atoms with Crippen LogP contribution in [0.1, 0.15) is 25.5 Å². The van der Waals surface area contributed by atoms with E-state index in [-0.39, 0.29) is 5.78 Å². The molecule has 1 unspecified atom stereocenters. The van der Waals surface area contributed by atoms with Crippen LogP contribution < -0.4 is 0 Å². The van der Waals surface area contributed by atoms with Gasteiger partial charge in [-0.15, -0.1) is 0 Å². The van der Waals surface area contributed by atoms with Crippen molar-refractivity contribution in [3.63, 3.8) is 0 Å². The van der Waals surface area contributed by atoms with Gasteiger partial charge in [-0.3, -0.25) is 4.79 Å². The fraction of sp³-hybridized carbons (Fsp3) is 0.471. The molecule has 1 fully saturated rings. The summed E-state index contributed by atoms with van der Waals surface area (Å²) in [6.07, 6.45) is 2.72. The lowest BCUT2D eigenvalue weighted by molar-refractivity contribution is -0.158. The number of rotatable bonds is 6. The van der Waals surface area contributed by atoms with E-state index < -0.39 is 17.7 Å². The maximum Gasteiger partial charge on any atom is 0.169 e. The summed E-state index contributed by atoms with van der Waals surface area (Å²) in [5.74, 6) is -0.0593. The average Bonchev–Trinajstić information content (AvgIpc) is 3.27. The van der Waals surface area contributed by atoms with Crippen molar-refractivity contribution in [1.82, 2.24) is 14.8 Å². The molecule has 8 heteroatoms. The maximum atomic E-state index is 13.3. The summed E-state index contributed by atoms with van der Waals surface area (Å²) >= 11 is 12.3. The zero-order valence-corrected chi connectivity index (χ0v) is 15.5. The van der Waals surface area contributed by atoms with E-state index in [4.69, 9.17) is 32.7 Å². The summed E-state index contributed by atoms with van der Waals surface area (Å²) in [5.41, 5.74) is -0.0320. The third-order valence-electron chi connectivity index (χ3n) is 4.33. The molecule has 0 radical (unpaired) electrons. The molecule has 134 valence electrons. The number of Topliss-reactive ketones (excluding diaryl/α,β-unsaturated/α-hetero) is 1. The standard InChI is InChI=1S/C17H19Cl2N3O3/c1-17(2,16-24-5-6-25-16)15(23)14(22-10-20-9-21-22)7-11-3-4-12(18)8-13(11)19/h3-4,8-10,14,16H,5-7H2,1-2H3. The Morgan fingerprint density at radius 1 is 1.36 bits per heavy atom. The number of ketones is 1. The van der Waals surface area contributed by atoms with Gasteiger partial charge in [0.25, 0.3) is 0 Å². The molecule has 1 saturated heterocycles. The third-order valence-corrected chi connectivity index (χ3v) is 4.92. The predicted molar refractivity (Wildman–Crippen MR) is 93.7 cm³/mol. The quantitative estimate of drug-likeness (QED) is 0.764. The first-order chi connectivity index (χ1) is 11.9. The Morgan fingerprint density at radius 2 is 2.08 bits per heavy atom. The molecule has 3 rings (SSSR count). The summed E-state index contributed by atoms with van der Waals surface area (Å²) in [5, 5.41) is 5.21. The van der Waals surface area contributed by atoms with Crippen LogP contribution in [0, 0.1) is 5.41 Å². The second-order valence-corrected chi connectivity index (χ2v) is 7.33. The van der Waals surface area contributed by atoms with Crippen molar-refractivity contribution >= 4 is 29.0 Å². The lowest BCUT2D eigenvalue weighted by Gasteiger charge is -2.32. The van der Waals surface area contributed by atoms with Crippen molar-refractivity contribution in [2.75, 3.05) is 13.2 Å². The Kier molecular flexibility index (Phi) is 5.43. The molecule has 1 aromatic heterocycles. The lowest BCUT2D eigenvalue weighted by Crippen LogP contribution is -2.43. The minimum atomic E-state index is -0.841. The molecule has 0 amide bonds. The summed E-state index contributed by atoms with van der Waals surface area (Å²) in [4.78, 5) is 17.3. The smallest absolute Gasteiger partial charge is 0.169 e. The van der Waals surface area contributed by atoms with Gasteiger partial charge in [0.1, 0.15) is 18.7 Å². The highest BCUT2D eigenvalue weighted by molar-refractivity contribution is 6.35. The molecular formula is C17H19Cl2N3O3. The Balaban J connectivity index is 1.91. The molecule has 6 nitrogen and oxygen atoms in total. The van der Waals surface area contributed by atoms with E-state index in [2.05, 4.69) is 10.1 Å². The first-order valence-corrected chi connectivity index (χ1v) is 8.70. The van der Waals surface area contributed by atoms with Gasteiger partial charge in [-0.25, -0.2) is 9.67 Å². The van der Waals surface area contributed by atoms with Gasteiger partial charge in [-0.1, -0.05) is 29.3 Å². The molecule has 0 bridgehead atoms. The van der Waals surface area contributed by atoms with E-state index in [1.165, 1.54) is 12.7 Å². The Hall–Kier alpha value is -1.47. The van der Waals surface area contributed by atoms with Crippen molar-refractivity contribution in [2.45, 2.75) is 32.6 Å². The van der Waals surface area contributed by atoms with Crippen molar-refractivity contribution in [2.24, 2.45) is 5.41 Å². The molecule has 0 saturated carbocycles. The van der Waals surface area contributed by atoms with Crippen LogP contribution >= 0.6 is 23.2 Å². The summed E-state index contributed by atoms with van der Waals surface area (Å²) in [6.45, 7) is 4.61. The van der Waals surface area contributed by atoms with Crippen LogP contribution in [-0.4, -0.2) is 40.1 Å².